The summed E-state index contributed by atoms with van der Waals surface area (Å²) in [6.45, 7) is 1.57. The molecule has 6 heteroatoms. The van der Waals surface area contributed by atoms with Crippen LogP contribution in [-0.4, -0.2) is 0 Å². The van der Waals surface area contributed by atoms with E-state index in [0.29, 0.717) is 19.2 Å². The summed E-state index contributed by atoms with van der Waals surface area (Å²) in [5.74, 6) is -1.26. The zero-order valence-electron chi connectivity index (χ0n) is 9.31. The Kier molecular flexibility index (Phi) is 4.06. The summed E-state index contributed by atoms with van der Waals surface area (Å²) >= 11 is 10.4. The van der Waals surface area contributed by atoms with E-state index in [1.807, 2.05) is 0 Å². The van der Waals surface area contributed by atoms with Crippen LogP contribution in [-0.2, 0) is 0 Å². The maximum absolute atomic E-state index is 13.9. The Morgan fingerprint density at radius 1 is 1.39 bits per heavy atom. The third-order valence-electron chi connectivity index (χ3n) is 2.60. The van der Waals surface area contributed by atoms with Gasteiger partial charge in [0.15, 0.2) is 0 Å². The molecule has 0 fully saturated rings. The summed E-state index contributed by atoms with van der Waals surface area (Å²) in [5, 5.41) is 0.485. The summed E-state index contributed by atoms with van der Waals surface area (Å²) in [5.41, 5.74) is 6.16. The van der Waals surface area contributed by atoms with Gasteiger partial charge in [0, 0.05) is 10.4 Å². The third-order valence-corrected chi connectivity index (χ3v) is 5.16. The molecule has 0 aliphatic carbocycles. The molecular formula is C12H9BrClF2NS. The fourth-order valence-corrected chi connectivity index (χ4v) is 3.38. The highest BCUT2D eigenvalue weighted by molar-refractivity contribution is 9.11. The van der Waals surface area contributed by atoms with Gasteiger partial charge >= 0.3 is 0 Å². The molecule has 1 heterocycles. The van der Waals surface area contributed by atoms with Crippen LogP contribution < -0.4 is 5.73 Å². The van der Waals surface area contributed by atoms with Crippen molar-refractivity contribution in [3.8, 4) is 0 Å². The Hall–Kier alpha value is -0.490. The zero-order valence-corrected chi connectivity index (χ0v) is 12.5. The molecule has 0 saturated heterocycles. The summed E-state index contributed by atoms with van der Waals surface area (Å²) < 4.78 is 28.4. The first-order chi connectivity index (χ1) is 8.41. The molecule has 0 amide bonds. The monoisotopic (exact) mass is 351 g/mol. The standard InChI is InChI=1S/C12H9BrClF2NS/c1-5-2-3-7(15)9(10(5)16)11(17)8-4-6(14)12(13)18-8/h2-4,11H,17H2,1H3. The first-order valence-electron chi connectivity index (χ1n) is 5.06. The van der Waals surface area contributed by atoms with Crippen LogP contribution in [0.3, 0.4) is 0 Å². The SMILES string of the molecule is Cc1ccc(F)c(C(N)c2cc(Cl)c(Br)s2)c1F. The molecule has 0 spiro atoms. The minimum absolute atomic E-state index is 0.125. The summed E-state index contributed by atoms with van der Waals surface area (Å²) in [6.07, 6.45) is 0. The lowest BCUT2D eigenvalue weighted by Gasteiger charge is -2.13. The minimum Gasteiger partial charge on any atom is -0.319 e. The predicted octanol–water partition coefficient (Wildman–Crippen LogP) is 4.80. The van der Waals surface area contributed by atoms with Crippen LogP contribution in [0.1, 0.15) is 22.0 Å². The van der Waals surface area contributed by atoms with E-state index in [1.165, 1.54) is 23.5 Å². The van der Waals surface area contributed by atoms with Crippen molar-refractivity contribution in [2.45, 2.75) is 13.0 Å². The van der Waals surface area contributed by atoms with Gasteiger partial charge in [-0.3, -0.25) is 0 Å². The quantitative estimate of drug-likeness (QED) is 0.825. The predicted molar refractivity (Wildman–Crippen MR) is 74.2 cm³/mol. The molecule has 96 valence electrons. The Balaban J connectivity index is 2.52. The maximum Gasteiger partial charge on any atom is 0.134 e. The molecule has 0 aliphatic rings. The fourth-order valence-electron chi connectivity index (χ4n) is 1.62. The van der Waals surface area contributed by atoms with Crippen molar-refractivity contribution in [2.75, 3.05) is 0 Å². The van der Waals surface area contributed by atoms with E-state index < -0.39 is 17.7 Å². The van der Waals surface area contributed by atoms with Gasteiger partial charge in [0.1, 0.15) is 11.6 Å². The number of hydrogen-bond acceptors (Lipinski definition) is 2. The highest BCUT2D eigenvalue weighted by Crippen LogP contribution is 2.37. The first kappa shape index (κ1) is 13.9. The Bertz CT molecular complexity index is 581. The van der Waals surface area contributed by atoms with Gasteiger partial charge in [-0.05, 0) is 40.5 Å². The molecule has 1 atom stereocenters. The minimum atomic E-state index is -0.862. The molecule has 0 radical (unpaired) electrons. The lowest BCUT2D eigenvalue weighted by molar-refractivity contribution is 0.539. The van der Waals surface area contributed by atoms with Gasteiger partial charge in [0.25, 0.3) is 0 Å². The summed E-state index contributed by atoms with van der Waals surface area (Å²) in [4.78, 5) is 0.607. The van der Waals surface area contributed by atoms with Crippen molar-refractivity contribution < 1.29 is 8.78 Å². The lowest BCUT2D eigenvalue weighted by Crippen LogP contribution is -2.15. The average molecular weight is 353 g/mol. The number of benzene rings is 1. The normalized spacial score (nSPS) is 12.8. The molecule has 2 aromatic rings. The Labute approximate surface area is 121 Å². The van der Waals surface area contributed by atoms with Gasteiger partial charge in [-0.25, -0.2) is 8.78 Å². The van der Waals surface area contributed by atoms with E-state index in [1.54, 1.807) is 13.0 Å². The van der Waals surface area contributed by atoms with Gasteiger partial charge in [0.05, 0.1) is 14.9 Å². The van der Waals surface area contributed by atoms with E-state index in [4.69, 9.17) is 17.3 Å². The molecule has 2 N–H and O–H groups in total. The highest BCUT2D eigenvalue weighted by Gasteiger charge is 2.22. The van der Waals surface area contributed by atoms with Crippen molar-refractivity contribution in [3.05, 3.63) is 54.6 Å². The van der Waals surface area contributed by atoms with Crippen molar-refractivity contribution in [2.24, 2.45) is 5.73 Å². The van der Waals surface area contributed by atoms with E-state index in [9.17, 15) is 8.78 Å². The number of rotatable bonds is 2. The third kappa shape index (κ3) is 2.45. The zero-order chi connectivity index (χ0) is 13.4. The molecule has 1 aromatic carbocycles. The van der Waals surface area contributed by atoms with Crippen LogP contribution >= 0.6 is 38.9 Å². The van der Waals surface area contributed by atoms with Gasteiger partial charge in [-0.2, -0.15) is 0 Å². The van der Waals surface area contributed by atoms with E-state index in [2.05, 4.69) is 15.9 Å². The van der Waals surface area contributed by atoms with Crippen molar-refractivity contribution >= 4 is 38.9 Å². The molecule has 1 aromatic heterocycles. The van der Waals surface area contributed by atoms with Crippen LogP contribution in [0, 0.1) is 18.6 Å². The number of hydrogen-bond donors (Lipinski definition) is 1. The molecule has 0 saturated carbocycles. The first-order valence-corrected chi connectivity index (χ1v) is 7.05. The van der Waals surface area contributed by atoms with E-state index in [0.717, 1.165) is 0 Å². The van der Waals surface area contributed by atoms with Crippen LogP contribution in [0.4, 0.5) is 8.78 Å². The van der Waals surface area contributed by atoms with Crippen molar-refractivity contribution in [3.63, 3.8) is 0 Å². The molecular weight excluding hydrogens is 344 g/mol. The molecule has 2 rings (SSSR count). The number of halogens is 4. The van der Waals surface area contributed by atoms with Gasteiger partial charge in [-0.15, -0.1) is 11.3 Å². The van der Waals surface area contributed by atoms with Crippen LogP contribution in [0.25, 0.3) is 0 Å². The fraction of sp³-hybridized carbons (Fsp3) is 0.167. The van der Waals surface area contributed by atoms with Gasteiger partial charge < -0.3 is 5.73 Å². The van der Waals surface area contributed by atoms with Crippen LogP contribution in [0.5, 0.6) is 0 Å². The number of aryl methyl sites for hydroxylation is 1. The Morgan fingerprint density at radius 2 is 2.06 bits per heavy atom. The van der Waals surface area contributed by atoms with Gasteiger partial charge in [-0.1, -0.05) is 17.7 Å². The van der Waals surface area contributed by atoms with Gasteiger partial charge in [0.2, 0.25) is 0 Å². The molecule has 1 unspecified atom stereocenters. The second-order valence-electron chi connectivity index (χ2n) is 3.84. The van der Waals surface area contributed by atoms with Crippen LogP contribution in [0.2, 0.25) is 5.02 Å². The topological polar surface area (TPSA) is 26.0 Å². The molecule has 18 heavy (non-hydrogen) atoms. The largest absolute Gasteiger partial charge is 0.319 e. The summed E-state index contributed by atoms with van der Waals surface area (Å²) in [6, 6.07) is 3.36. The molecule has 0 aliphatic heterocycles. The average Bonchev–Trinajstić information content (AvgIpc) is 2.65. The Morgan fingerprint density at radius 3 is 2.61 bits per heavy atom. The van der Waals surface area contributed by atoms with Crippen molar-refractivity contribution in [1.82, 2.24) is 0 Å². The number of nitrogens with two attached hydrogens (primary N) is 1. The number of thiophene rings is 1. The highest BCUT2D eigenvalue weighted by atomic mass is 79.9. The van der Waals surface area contributed by atoms with Crippen molar-refractivity contribution in [1.29, 1.82) is 0 Å². The van der Waals surface area contributed by atoms with E-state index >= 15 is 0 Å². The summed E-state index contributed by atoms with van der Waals surface area (Å²) in [7, 11) is 0. The van der Waals surface area contributed by atoms with Crippen LogP contribution in [0.15, 0.2) is 22.0 Å². The second kappa shape index (κ2) is 5.25. The second-order valence-corrected chi connectivity index (χ2v) is 6.65. The smallest absolute Gasteiger partial charge is 0.134 e. The lowest BCUT2D eigenvalue weighted by atomic mass is 10.0. The van der Waals surface area contributed by atoms with E-state index in [-0.39, 0.29) is 5.56 Å². The molecule has 1 nitrogen and oxygen atoms in total. The maximum atomic E-state index is 13.9. The molecule has 0 bridgehead atoms.